The number of benzene rings is 1. The first kappa shape index (κ1) is 13.5. The molecule has 0 saturated heterocycles. The van der Waals surface area contributed by atoms with Crippen LogP contribution in [0.2, 0.25) is 0 Å². The molecule has 5 heteroatoms. The van der Waals surface area contributed by atoms with Crippen LogP contribution >= 0.6 is 31.9 Å². The first-order valence-corrected chi connectivity index (χ1v) is 6.79. The zero-order chi connectivity index (χ0) is 11.8. The van der Waals surface area contributed by atoms with Crippen LogP contribution in [-0.4, -0.2) is 29.3 Å². The lowest BCUT2D eigenvalue weighted by atomic mass is 10.3. The molecule has 0 saturated carbocycles. The Labute approximate surface area is 111 Å². The van der Waals surface area contributed by atoms with Gasteiger partial charge in [-0.2, -0.15) is 0 Å². The van der Waals surface area contributed by atoms with E-state index in [1.165, 1.54) is 0 Å². The predicted octanol–water partition coefficient (Wildman–Crippen LogP) is 2.77. The molecule has 16 heavy (non-hydrogen) atoms. The number of hydrogen-bond donors (Lipinski definition) is 0. The molecule has 0 fully saturated rings. The van der Waals surface area contributed by atoms with Crippen LogP contribution in [0.5, 0.6) is 5.75 Å². The fourth-order valence-corrected chi connectivity index (χ4v) is 1.25. The first-order chi connectivity index (χ1) is 7.72. The Balaban J connectivity index is 2.20. The van der Waals surface area contributed by atoms with Gasteiger partial charge in [0.2, 0.25) is 0 Å². The second kappa shape index (κ2) is 7.68. The zero-order valence-electron chi connectivity index (χ0n) is 8.57. The SMILES string of the molecule is O=C(COc1ccccc1)OCC(Br)CBr. The van der Waals surface area contributed by atoms with Crippen LogP contribution in [0.1, 0.15) is 0 Å². The van der Waals surface area contributed by atoms with Crippen molar-refractivity contribution in [3.05, 3.63) is 30.3 Å². The van der Waals surface area contributed by atoms with Crippen LogP contribution in [0.25, 0.3) is 0 Å². The van der Waals surface area contributed by atoms with Crippen LogP contribution in [0.15, 0.2) is 30.3 Å². The molecule has 0 spiro atoms. The topological polar surface area (TPSA) is 35.5 Å². The minimum absolute atomic E-state index is 0.0635. The second-order valence-corrected chi connectivity index (χ2v) is 4.98. The maximum atomic E-state index is 11.3. The van der Waals surface area contributed by atoms with Gasteiger partial charge >= 0.3 is 5.97 Å². The fraction of sp³-hybridized carbons (Fsp3) is 0.364. The van der Waals surface area contributed by atoms with Crippen molar-refractivity contribution in [2.45, 2.75) is 4.83 Å². The highest BCUT2D eigenvalue weighted by Crippen LogP contribution is 2.08. The van der Waals surface area contributed by atoms with Gasteiger partial charge in [-0.25, -0.2) is 4.79 Å². The Morgan fingerprint density at radius 2 is 2.00 bits per heavy atom. The lowest BCUT2D eigenvalue weighted by molar-refractivity contribution is -0.145. The summed E-state index contributed by atoms with van der Waals surface area (Å²) in [5, 5.41) is 0.736. The molecule has 0 aliphatic rings. The molecule has 0 bridgehead atoms. The van der Waals surface area contributed by atoms with Crippen LogP contribution in [-0.2, 0) is 9.53 Å². The van der Waals surface area contributed by atoms with Gasteiger partial charge in [0.25, 0.3) is 0 Å². The third-order valence-electron chi connectivity index (χ3n) is 1.69. The summed E-state index contributed by atoms with van der Waals surface area (Å²) in [5.74, 6) is 0.296. The van der Waals surface area contributed by atoms with Gasteiger partial charge < -0.3 is 9.47 Å². The molecule has 0 aromatic heterocycles. The van der Waals surface area contributed by atoms with Gasteiger partial charge in [-0.15, -0.1) is 0 Å². The van der Waals surface area contributed by atoms with Gasteiger partial charge in [0.15, 0.2) is 6.61 Å². The van der Waals surface area contributed by atoms with Crippen molar-refractivity contribution < 1.29 is 14.3 Å². The maximum absolute atomic E-state index is 11.3. The standard InChI is InChI=1S/C11H12Br2O3/c12-6-9(13)7-16-11(14)8-15-10-4-2-1-3-5-10/h1-5,9H,6-8H2. The van der Waals surface area contributed by atoms with E-state index in [0.717, 1.165) is 5.33 Å². The zero-order valence-corrected chi connectivity index (χ0v) is 11.7. The summed E-state index contributed by atoms with van der Waals surface area (Å²) in [7, 11) is 0. The van der Waals surface area contributed by atoms with Gasteiger partial charge in [-0.05, 0) is 12.1 Å². The predicted molar refractivity (Wildman–Crippen MR) is 69.4 cm³/mol. The molecule has 0 amide bonds. The van der Waals surface area contributed by atoms with Crippen molar-refractivity contribution in [1.82, 2.24) is 0 Å². The van der Waals surface area contributed by atoms with Crippen molar-refractivity contribution in [3.63, 3.8) is 0 Å². The number of hydrogen-bond acceptors (Lipinski definition) is 3. The summed E-state index contributed by atoms with van der Waals surface area (Å²) < 4.78 is 10.2. The monoisotopic (exact) mass is 350 g/mol. The van der Waals surface area contributed by atoms with Gasteiger partial charge in [-0.3, -0.25) is 0 Å². The molecule has 1 unspecified atom stereocenters. The number of halogens is 2. The Morgan fingerprint density at radius 1 is 1.31 bits per heavy atom. The summed E-state index contributed by atoms with van der Waals surface area (Å²) >= 11 is 6.61. The molecule has 88 valence electrons. The number of carbonyl (C=O) groups excluding carboxylic acids is 1. The van der Waals surface area contributed by atoms with Crippen LogP contribution in [0.3, 0.4) is 0 Å². The fourth-order valence-electron chi connectivity index (χ4n) is 0.929. The number of para-hydroxylation sites is 1. The Morgan fingerprint density at radius 3 is 2.62 bits per heavy atom. The molecule has 1 aromatic rings. The maximum Gasteiger partial charge on any atom is 0.344 e. The number of carbonyl (C=O) groups is 1. The molecule has 0 radical (unpaired) electrons. The molecule has 1 atom stereocenters. The van der Waals surface area contributed by atoms with Gasteiger partial charge in [0.05, 0.1) is 4.83 Å². The number of ether oxygens (including phenoxy) is 2. The van der Waals surface area contributed by atoms with Gasteiger partial charge in [0.1, 0.15) is 12.4 Å². The first-order valence-electron chi connectivity index (χ1n) is 4.76. The average molecular weight is 352 g/mol. The average Bonchev–Trinajstić information content (AvgIpc) is 2.34. The van der Waals surface area contributed by atoms with Crippen LogP contribution < -0.4 is 4.74 Å². The molecule has 0 heterocycles. The lowest BCUT2D eigenvalue weighted by Gasteiger charge is -2.08. The van der Waals surface area contributed by atoms with Crippen molar-refractivity contribution in [1.29, 1.82) is 0 Å². The molecular formula is C11H12Br2O3. The highest BCUT2D eigenvalue weighted by Gasteiger charge is 2.08. The van der Waals surface area contributed by atoms with Crippen molar-refractivity contribution in [2.24, 2.45) is 0 Å². The normalized spacial score (nSPS) is 11.9. The van der Waals surface area contributed by atoms with E-state index < -0.39 is 0 Å². The van der Waals surface area contributed by atoms with E-state index in [9.17, 15) is 4.79 Å². The molecule has 0 aliphatic heterocycles. The minimum atomic E-state index is -0.366. The molecule has 1 rings (SSSR count). The quantitative estimate of drug-likeness (QED) is 0.584. The van der Waals surface area contributed by atoms with E-state index in [-0.39, 0.29) is 17.4 Å². The van der Waals surface area contributed by atoms with E-state index >= 15 is 0 Å². The lowest BCUT2D eigenvalue weighted by Crippen LogP contribution is -2.19. The summed E-state index contributed by atoms with van der Waals surface area (Å²) in [6.45, 7) is 0.272. The van der Waals surface area contributed by atoms with E-state index in [1.807, 2.05) is 18.2 Å². The summed E-state index contributed by atoms with van der Waals surface area (Å²) in [4.78, 5) is 11.4. The summed E-state index contributed by atoms with van der Waals surface area (Å²) in [6, 6.07) is 9.16. The molecule has 0 N–H and O–H groups in total. The van der Waals surface area contributed by atoms with Crippen LogP contribution in [0.4, 0.5) is 0 Å². The van der Waals surface area contributed by atoms with E-state index in [0.29, 0.717) is 12.4 Å². The van der Waals surface area contributed by atoms with Crippen LogP contribution in [0, 0.1) is 0 Å². The third kappa shape index (κ3) is 5.51. The molecule has 3 nitrogen and oxygen atoms in total. The third-order valence-corrected chi connectivity index (χ3v) is 3.93. The Hall–Kier alpha value is -0.550. The summed E-state index contributed by atoms with van der Waals surface area (Å²) in [6.07, 6.45) is 0. The highest BCUT2D eigenvalue weighted by atomic mass is 79.9. The minimum Gasteiger partial charge on any atom is -0.482 e. The number of esters is 1. The largest absolute Gasteiger partial charge is 0.482 e. The van der Waals surface area contributed by atoms with Crippen molar-refractivity contribution in [3.8, 4) is 5.75 Å². The van der Waals surface area contributed by atoms with Crippen molar-refractivity contribution in [2.75, 3.05) is 18.5 Å². The van der Waals surface area contributed by atoms with Gasteiger partial charge in [-0.1, -0.05) is 50.1 Å². The summed E-state index contributed by atoms with van der Waals surface area (Å²) in [5.41, 5.74) is 0. The Kier molecular flexibility index (Phi) is 6.49. The van der Waals surface area contributed by atoms with E-state index in [2.05, 4.69) is 31.9 Å². The molecule has 1 aromatic carbocycles. The second-order valence-electron chi connectivity index (χ2n) is 3.04. The van der Waals surface area contributed by atoms with Crippen molar-refractivity contribution >= 4 is 37.8 Å². The molecule has 0 aliphatic carbocycles. The number of alkyl halides is 2. The van der Waals surface area contributed by atoms with E-state index in [1.54, 1.807) is 12.1 Å². The van der Waals surface area contributed by atoms with Gasteiger partial charge in [0, 0.05) is 5.33 Å². The van der Waals surface area contributed by atoms with E-state index in [4.69, 9.17) is 9.47 Å². The number of rotatable bonds is 6. The highest BCUT2D eigenvalue weighted by molar-refractivity contribution is 9.12. The molecular weight excluding hydrogens is 340 g/mol. The Bertz CT molecular complexity index is 316. The smallest absolute Gasteiger partial charge is 0.344 e.